The quantitative estimate of drug-likeness (QED) is 0.489. The lowest BCUT2D eigenvalue weighted by Crippen LogP contribution is -2.37. The van der Waals surface area contributed by atoms with Crippen LogP contribution in [0.3, 0.4) is 0 Å². The Bertz CT molecular complexity index is 186. The fraction of sp³-hybridized carbons (Fsp3) is 0.778. The minimum atomic E-state index is -0.189. The van der Waals surface area contributed by atoms with E-state index in [0.29, 0.717) is 6.54 Å². The standard InChI is InChI=1S/C9H17ClN2O2/c1-2-3-6-11-9(14)7-12-8(13)4-5-10/h2-7H2,1H3,(H,11,14)(H,12,13). The molecule has 0 aromatic heterocycles. The lowest BCUT2D eigenvalue weighted by molar-refractivity contribution is -0.125. The normalized spacial score (nSPS) is 9.57. The molecule has 4 nitrogen and oxygen atoms in total. The van der Waals surface area contributed by atoms with Crippen LogP contribution in [0, 0.1) is 0 Å². The summed E-state index contributed by atoms with van der Waals surface area (Å²) >= 11 is 5.35. The van der Waals surface area contributed by atoms with Crippen molar-refractivity contribution < 1.29 is 9.59 Å². The predicted molar refractivity (Wildman–Crippen MR) is 56.3 cm³/mol. The lowest BCUT2D eigenvalue weighted by Gasteiger charge is -2.05. The second-order valence-corrected chi connectivity index (χ2v) is 3.30. The smallest absolute Gasteiger partial charge is 0.239 e. The third-order valence-electron chi connectivity index (χ3n) is 1.62. The monoisotopic (exact) mass is 220 g/mol. The van der Waals surface area contributed by atoms with Gasteiger partial charge in [0.1, 0.15) is 0 Å². The fourth-order valence-corrected chi connectivity index (χ4v) is 0.992. The number of carbonyl (C=O) groups is 2. The van der Waals surface area contributed by atoms with Crippen LogP contribution in [0.15, 0.2) is 0 Å². The maximum atomic E-state index is 11.1. The van der Waals surface area contributed by atoms with Crippen LogP contribution in [-0.2, 0) is 9.59 Å². The number of alkyl halides is 1. The van der Waals surface area contributed by atoms with Gasteiger partial charge in [0.25, 0.3) is 0 Å². The summed E-state index contributed by atoms with van der Waals surface area (Å²) in [7, 11) is 0. The van der Waals surface area contributed by atoms with Gasteiger partial charge in [-0.05, 0) is 6.42 Å². The Balaban J connectivity index is 3.39. The Labute approximate surface area is 89.4 Å². The summed E-state index contributed by atoms with van der Waals surface area (Å²) in [4.78, 5) is 22.0. The molecule has 0 aliphatic rings. The molecule has 0 rings (SSSR count). The average Bonchev–Trinajstić information content (AvgIpc) is 2.16. The third kappa shape index (κ3) is 7.86. The van der Waals surface area contributed by atoms with Crippen molar-refractivity contribution in [1.29, 1.82) is 0 Å². The maximum absolute atomic E-state index is 11.1. The van der Waals surface area contributed by atoms with Crippen molar-refractivity contribution in [3.63, 3.8) is 0 Å². The SMILES string of the molecule is CCCCNC(=O)CNC(=O)CCCl. The van der Waals surface area contributed by atoms with Gasteiger partial charge in [0.15, 0.2) is 0 Å². The van der Waals surface area contributed by atoms with Crippen LogP contribution in [0.4, 0.5) is 0 Å². The van der Waals surface area contributed by atoms with Gasteiger partial charge < -0.3 is 10.6 Å². The highest BCUT2D eigenvalue weighted by molar-refractivity contribution is 6.18. The Morgan fingerprint density at radius 1 is 1.21 bits per heavy atom. The van der Waals surface area contributed by atoms with Crippen LogP contribution in [0.1, 0.15) is 26.2 Å². The average molecular weight is 221 g/mol. The Hall–Kier alpha value is -0.770. The summed E-state index contributed by atoms with van der Waals surface area (Å²) in [6.07, 6.45) is 2.25. The molecule has 0 aliphatic carbocycles. The number of rotatable bonds is 7. The fourth-order valence-electron chi connectivity index (χ4n) is 0.820. The highest BCUT2D eigenvalue weighted by Crippen LogP contribution is 1.84. The van der Waals surface area contributed by atoms with Crippen LogP contribution in [-0.4, -0.2) is 30.8 Å². The highest BCUT2D eigenvalue weighted by Gasteiger charge is 2.03. The highest BCUT2D eigenvalue weighted by atomic mass is 35.5. The van der Waals surface area contributed by atoms with Gasteiger partial charge in [-0.15, -0.1) is 11.6 Å². The molecule has 0 aromatic carbocycles. The minimum Gasteiger partial charge on any atom is -0.355 e. The zero-order chi connectivity index (χ0) is 10.8. The van der Waals surface area contributed by atoms with E-state index >= 15 is 0 Å². The molecular weight excluding hydrogens is 204 g/mol. The Morgan fingerprint density at radius 2 is 1.93 bits per heavy atom. The molecule has 2 N–H and O–H groups in total. The molecule has 0 aliphatic heterocycles. The van der Waals surface area contributed by atoms with Crippen molar-refractivity contribution in [1.82, 2.24) is 10.6 Å². The van der Waals surface area contributed by atoms with Gasteiger partial charge in [0, 0.05) is 18.8 Å². The number of unbranched alkanes of at least 4 members (excludes halogenated alkanes) is 1. The summed E-state index contributed by atoms with van der Waals surface area (Å²) in [6, 6.07) is 0. The van der Waals surface area contributed by atoms with E-state index in [2.05, 4.69) is 17.6 Å². The second-order valence-electron chi connectivity index (χ2n) is 2.92. The number of amides is 2. The van der Waals surface area contributed by atoms with Crippen molar-refractivity contribution in [2.24, 2.45) is 0 Å². The van der Waals surface area contributed by atoms with Crippen LogP contribution in [0.5, 0.6) is 0 Å². The van der Waals surface area contributed by atoms with E-state index in [4.69, 9.17) is 11.6 Å². The molecule has 0 atom stereocenters. The molecule has 0 saturated carbocycles. The van der Waals surface area contributed by atoms with Crippen molar-refractivity contribution in [2.45, 2.75) is 26.2 Å². The molecule has 0 unspecified atom stereocenters. The number of carbonyl (C=O) groups excluding carboxylic acids is 2. The summed E-state index contributed by atoms with van der Waals surface area (Å²) in [5.74, 6) is -0.0597. The van der Waals surface area contributed by atoms with Crippen molar-refractivity contribution >= 4 is 23.4 Å². The lowest BCUT2D eigenvalue weighted by atomic mass is 10.3. The zero-order valence-corrected chi connectivity index (χ0v) is 9.19. The molecule has 82 valence electrons. The first kappa shape index (κ1) is 13.2. The molecule has 0 aromatic rings. The number of halogens is 1. The first-order chi connectivity index (χ1) is 6.70. The predicted octanol–water partition coefficient (Wildman–Crippen LogP) is 0.648. The number of hydrogen-bond donors (Lipinski definition) is 2. The van der Waals surface area contributed by atoms with Crippen molar-refractivity contribution in [3.8, 4) is 0 Å². The molecule has 5 heteroatoms. The van der Waals surface area contributed by atoms with Crippen LogP contribution >= 0.6 is 11.6 Å². The first-order valence-corrected chi connectivity index (χ1v) is 5.33. The number of hydrogen-bond acceptors (Lipinski definition) is 2. The van der Waals surface area contributed by atoms with E-state index in [9.17, 15) is 9.59 Å². The van der Waals surface area contributed by atoms with Crippen molar-refractivity contribution in [2.75, 3.05) is 19.0 Å². The molecular formula is C9H17ClN2O2. The summed E-state index contributed by atoms with van der Waals surface area (Å²) in [5.41, 5.74) is 0. The molecule has 0 heterocycles. The first-order valence-electron chi connectivity index (χ1n) is 4.80. The van der Waals surface area contributed by atoms with E-state index in [1.54, 1.807) is 0 Å². The molecule has 0 fully saturated rings. The number of nitrogens with one attached hydrogen (secondary N) is 2. The second kappa shape index (κ2) is 8.81. The van der Waals surface area contributed by atoms with Gasteiger partial charge in [-0.2, -0.15) is 0 Å². The zero-order valence-electron chi connectivity index (χ0n) is 8.44. The van der Waals surface area contributed by atoms with Gasteiger partial charge in [-0.25, -0.2) is 0 Å². The van der Waals surface area contributed by atoms with E-state index in [0.717, 1.165) is 12.8 Å². The minimum absolute atomic E-state index is 0.0411. The van der Waals surface area contributed by atoms with E-state index in [-0.39, 0.29) is 30.7 Å². The molecule has 0 bridgehead atoms. The van der Waals surface area contributed by atoms with E-state index in [1.165, 1.54) is 0 Å². The summed E-state index contributed by atoms with van der Waals surface area (Å²) in [5, 5.41) is 5.17. The molecule has 0 saturated heterocycles. The van der Waals surface area contributed by atoms with Gasteiger partial charge in [-0.1, -0.05) is 13.3 Å². The van der Waals surface area contributed by atoms with Gasteiger partial charge >= 0.3 is 0 Å². The molecule has 14 heavy (non-hydrogen) atoms. The topological polar surface area (TPSA) is 58.2 Å². The van der Waals surface area contributed by atoms with Gasteiger partial charge in [0.2, 0.25) is 11.8 Å². The summed E-state index contributed by atoms with van der Waals surface area (Å²) < 4.78 is 0. The van der Waals surface area contributed by atoms with Crippen LogP contribution in [0.25, 0.3) is 0 Å². The molecule has 0 spiro atoms. The Morgan fingerprint density at radius 3 is 2.50 bits per heavy atom. The van der Waals surface area contributed by atoms with E-state index < -0.39 is 0 Å². The van der Waals surface area contributed by atoms with Crippen LogP contribution in [0.2, 0.25) is 0 Å². The van der Waals surface area contributed by atoms with Crippen LogP contribution < -0.4 is 10.6 Å². The van der Waals surface area contributed by atoms with Gasteiger partial charge in [0.05, 0.1) is 6.54 Å². The third-order valence-corrected chi connectivity index (χ3v) is 1.81. The Kier molecular flexibility index (Phi) is 8.33. The van der Waals surface area contributed by atoms with E-state index in [1.807, 2.05) is 0 Å². The van der Waals surface area contributed by atoms with Crippen molar-refractivity contribution in [3.05, 3.63) is 0 Å². The largest absolute Gasteiger partial charge is 0.355 e. The van der Waals surface area contributed by atoms with Gasteiger partial charge in [-0.3, -0.25) is 9.59 Å². The summed E-state index contributed by atoms with van der Waals surface area (Å²) in [6.45, 7) is 2.76. The maximum Gasteiger partial charge on any atom is 0.239 e. The molecule has 0 radical (unpaired) electrons. The molecule has 2 amide bonds.